The minimum atomic E-state index is -0.441. The minimum absolute atomic E-state index is 0.0175. The van der Waals surface area contributed by atoms with Crippen LogP contribution >= 0.6 is 0 Å². The summed E-state index contributed by atoms with van der Waals surface area (Å²) in [7, 11) is 0. The highest BCUT2D eigenvalue weighted by atomic mass is 16.6. The SMILES string of the molecule is N#CCCCN1CCN(c2ccc([N+](=O)[O-])cn2)CC1. The molecule has 1 saturated heterocycles. The van der Waals surface area contributed by atoms with Gasteiger partial charge in [0.15, 0.2) is 0 Å². The van der Waals surface area contributed by atoms with Gasteiger partial charge in [0.25, 0.3) is 5.69 Å². The highest BCUT2D eigenvalue weighted by molar-refractivity contribution is 5.43. The van der Waals surface area contributed by atoms with Crippen molar-refractivity contribution in [1.29, 1.82) is 5.26 Å². The van der Waals surface area contributed by atoms with Gasteiger partial charge in [0.1, 0.15) is 12.0 Å². The average molecular weight is 275 g/mol. The summed E-state index contributed by atoms with van der Waals surface area (Å²) in [6.07, 6.45) is 2.81. The molecule has 7 heteroatoms. The maximum Gasteiger partial charge on any atom is 0.287 e. The van der Waals surface area contributed by atoms with Crippen LogP contribution < -0.4 is 4.90 Å². The molecule has 0 bridgehead atoms. The standard InChI is InChI=1S/C13H17N5O2/c14-5-1-2-6-16-7-9-17(10-8-16)13-4-3-12(11-15-13)18(19)20/h3-4,11H,1-2,6-10H2. The van der Waals surface area contributed by atoms with Gasteiger partial charge in [-0.1, -0.05) is 0 Å². The van der Waals surface area contributed by atoms with Gasteiger partial charge in [-0.25, -0.2) is 4.98 Å². The normalized spacial score (nSPS) is 15.8. The lowest BCUT2D eigenvalue weighted by molar-refractivity contribution is -0.385. The monoisotopic (exact) mass is 275 g/mol. The van der Waals surface area contributed by atoms with E-state index in [-0.39, 0.29) is 5.69 Å². The van der Waals surface area contributed by atoms with E-state index in [0.29, 0.717) is 6.42 Å². The molecule has 2 rings (SSSR count). The fraction of sp³-hybridized carbons (Fsp3) is 0.538. The van der Waals surface area contributed by atoms with Crippen molar-refractivity contribution in [2.45, 2.75) is 12.8 Å². The number of nitrogens with zero attached hydrogens (tertiary/aromatic N) is 5. The summed E-state index contributed by atoms with van der Waals surface area (Å²) in [6.45, 7) is 4.54. The number of piperazine rings is 1. The molecular formula is C13H17N5O2. The molecule has 1 aliphatic rings. The lowest BCUT2D eigenvalue weighted by Crippen LogP contribution is -2.46. The molecule has 106 valence electrons. The number of hydrogen-bond acceptors (Lipinski definition) is 6. The van der Waals surface area contributed by atoms with Crippen LogP contribution in [0.25, 0.3) is 0 Å². The molecule has 0 unspecified atom stereocenters. The molecule has 0 aromatic carbocycles. The van der Waals surface area contributed by atoms with Gasteiger partial charge < -0.3 is 4.90 Å². The van der Waals surface area contributed by atoms with Crippen LogP contribution in [0.1, 0.15) is 12.8 Å². The van der Waals surface area contributed by atoms with Gasteiger partial charge in [0.2, 0.25) is 0 Å². The number of aromatic nitrogens is 1. The van der Waals surface area contributed by atoms with E-state index in [9.17, 15) is 10.1 Å². The lowest BCUT2D eigenvalue weighted by atomic mass is 10.2. The molecule has 0 aliphatic carbocycles. The maximum atomic E-state index is 10.6. The van der Waals surface area contributed by atoms with E-state index in [1.54, 1.807) is 6.07 Å². The fourth-order valence-corrected chi connectivity index (χ4v) is 2.26. The predicted octanol–water partition coefficient (Wildman–Crippen LogP) is 1.42. The summed E-state index contributed by atoms with van der Waals surface area (Å²) >= 11 is 0. The fourth-order valence-electron chi connectivity index (χ4n) is 2.26. The Morgan fingerprint density at radius 1 is 1.35 bits per heavy atom. The van der Waals surface area contributed by atoms with Gasteiger partial charge in [-0.05, 0) is 19.0 Å². The second kappa shape index (κ2) is 6.82. The third-order valence-corrected chi connectivity index (χ3v) is 3.40. The smallest absolute Gasteiger partial charge is 0.287 e. The highest BCUT2D eigenvalue weighted by Gasteiger charge is 2.18. The Kier molecular flexibility index (Phi) is 4.85. The molecule has 1 aromatic rings. The summed E-state index contributed by atoms with van der Waals surface area (Å²) in [5, 5.41) is 19.1. The van der Waals surface area contributed by atoms with Crippen molar-refractivity contribution in [3.63, 3.8) is 0 Å². The first-order valence-corrected chi connectivity index (χ1v) is 6.65. The highest BCUT2D eigenvalue weighted by Crippen LogP contribution is 2.17. The summed E-state index contributed by atoms with van der Waals surface area (Å²) in [6, 6.07) is 5.34. The Bertz CT molecular complexity index is 488. The number of rotatable bonds is 5. The number of unbranched alkanes of at least 4 members (excludes halogenated alkanes) is 1. The lowest BCUT2D eigenvalue weighted by Gasteiger charge is -2.35. The first-order chi connectivity index (χ1) is 9.70. The van der Waals surface area contributed by atoms with Crippen LogP contribution in [-0.4, -0.2) is 47.5 Å². The second-order valence-corrected chi connectivity index (χ2v) is 4.72. The van der Waals surface area contributed by atoms with Crippen LogP contribution in [0.5, 0.6) is 0 Å². The zero-order chi connectivity index (χ0) is 14.4. The Hall–Kier alpha value is -2.20. The third kappa shape index (κ3) is 3.65. The Balaban J connectivity index is 1.84. The minimum Gasteiger partial charge on any atom is -0.354 e. The van der Waals surface area contributed by atoms with Crippen molar-refractivity contribution >= 4 is 11.5 Å². The van der Waals surface area contributed by atoms with E-state index >= 15 is 0 Å². The van der Waals surface area contributed by atoms with Crippen LogP contribution in [0.15, 0.2) is 18.3 Å². The third-order valence-electron chi connectivity index (χ3n) is 3.40. The van der Waals surface area contributed by atoms with Gasteiger partial charge in [-0.2, -0.15) is 5.26 Å². The molecule has 0 radical (unpaired) electrons. The zero-order valence-corrected chi connectivity index (χ0v) is 11.2. The van der Waals surface area contributed by atoms with E-state index < -0.39 is 4.92 Å². The topological polar surface area (TPSA) is 86.3 Å². The van der Waals surface area contributed by atoms with Crippen molar-refractivity contribution in [2.24, 2.45) is 0 Å². The zero-order valence-electron chi connectivity index (χ0n) is 11.2. The predicted molar refractivity (Wildman–Crippen MR) is 74.4 cm³/mol. The van der Waals surface area contributed by atoms with Gasteiger partial charge in [-0.3, -0.25) is 15.0 Å². The van der Waals surface area contributed by atoms with Crippen molar-refractivity contribution in [2.75, 3.05) is 37.6 Å². The quantitative estimate of drug-likeness (QED) is 0.459. The van der Waals surface area contributed by atoms with E-state index in [1.165, 1.54) is 12.3 Å². The maximum absolute atomic E-state index is 10.6. The summed E-state index contributed by atoms with van der Waals surface area (Å²) in [5.41, 5.74) is 0.0175. The molecule has 1 aromatic heterocycles. The Labute approximate surface area is 117 Å². The molecule has 0 amide bonds. The summed E-state index contributed by atoms with van der Waals surface area (Å²) < 4.78 is 0. The van der Waals surface area contributed by atoms with Crippen molar-refractivity contribution in [3.8, 4) is 6.07 Å². The molecular weight excluding hydrogens is 258 g/mol. The van der Waals surface area contributed by atoms with Crippen LogP contribution in [0.3, 0.4) is 0 Å². The number of anilines is 1. The van der Waals surface area contributed by atoms with Gasteiger partial charge in [-0.15, -0.1) is 0 Å². The van der Waals surface area contributed by atoms with E-state index in [2.05, 4.69) is 20.9 Å². The number of hydrogen-bond donors (Lipinski definition) is 0. The van der Waals surface area contributed by atoms with Crippen molar-refractivity contribution in [1.82, 2.24) is 9.88 Å². The van der Waals surface area contributed by atoms with Crippen LogP contribution in [-0.2, 0) is 0 Å². The number of nitro groups is 1. The first kappa shape index (κ1) is 14.2. The molecule has 0 N–H and O–H groups in total. The molecule has 20 heavy (non-hydrogen) atoms. The molecule has 1 fully saturated rings. The number of pyridine rings is 1. The van der Waals surface area contributed by atoms with Crippen molar-refractivity contribution < 1.29 is 4.92 Å². The average Bonchev–Trinajstić information content (AvgIpc) is 2.48. The van der Waals surface area contributed by atoms with Crippen molar-refractivity contribution in [3.05, 3.63) is 28.4 Å². The summed E-state index contributed by atoms with van der Waals surface area (Å²) in [5.74, 6) is 0.785. The van der Waals surface area contributed by atoms with E-state index in [4.69, 9.17) is 5.26 Å². The van der Waals surface area contributed by atoms with Crippen LogP contribution in [0, 0.1) is 21.4 Å². The molecule has 7 nitrogen and oxygen atoms in total. The van der Waals surface area contributed by atoms with Gasteiger partial charge in [0.05, 0.1) is 11.0 Å². The molecule has 2 heterocycles. The van der Waals surface area contributed by atoms with Gasteiger partial charge in [0, 0.05) is 38.7 Å². The van der Waals surface area contributed by atoms with Crippen LogP contribution in [0.2, 0.25) is 0 Å². The number of nitriles is 1. The molecule has 0 spiro atoms. The van der Waals surface area contributed by atoms with Crippen LogP contribution in [0.4, 0.5) is 11.5 Å². The van der Waals surface area contributed by atoms with E-state index in [0.717, 1.165) is 45.0 Å². The molecule has 0 atom stereocenters. The Morgan fingerprint density at radius 2 is 2.10 bits per heavy atom. The van der Waals surface area contributed by atoms with Gasteiger partial charge >= 0.3 is 0 Å². The second-order valence-electron chi connectivity index (χ2n) is 4.72. The van der Waals surface area contributed by atoms with E-state index in [1.807, 2.05) is 0 Å². The summed E-state index contributed by atoms with van der Waals surface area (Å²) in [4.78, 5) is 18.7. The Morgan fingerprint density at radius 3 is 2.65 bits per heavy atom. The molecule has 0 saturated carbocycles. The largest absolute Gasteiger partial charge is 0.354 e. The molecule has 1 aliphatic heterocycles. The first-order valence-electron chi connectivity index (χ1n) is 6.65.